The number of nitriles is 1. The fraction of sp³-hybridized carbons (Fsp3) is 0.308. The summed E-state index contributed by atoms with van der Waals surface area (Å²) in [4.78, 5) is 100. The first-order valence-corrected chi connectivity index (χ1v) is 19.5. The third-order valence-electron chi connectivity index (χ3n) is 7.53. The zero-order chi connectivity index (χ0) is 52.5. The van der Waals surface area contributed by atoms with Gasteiger partial charge in [-0.3, -0.25) is 44.7 Å². The summed E-state index contributed by atoms with van der Waals surface area (Å²) in [5, 5.41) is 50.4. The van der Waals surface area contributed by atoms with Crippen LogP contribution in [-0.4, -0.2) is 124 Å². The number of nitrogens with one attached hydrogen (secondary N) is 1. The van der Waals surface area contributed by atoms with Crippen LogP contribution >= 0.6 is 23.2 Å². The normalized spacial score (nSPS) is 11.4. The monoisotopic (exact) mass is 1280 g/mol. The number of carbonyl (C=O) groups is 6. The van der Waals surface area contributed by atoms with E-state index in [2.05, 4.69) is 24.4 Å². The number of methoxy groups -OCH3 is 3. The summed E-state index contributed by atoms with van der Waals surface area (Å²) >= 11 is 10.7. The van der Waals surface area contributed by atoms with Gasteiger partial charge in [-0.05, 0) is 29.8 Å². The van der Waals surface area contributed by atoms with Gasteiger partial charge in [0.15, 0.2) is 0 Å². The number of hydrogen-bond donors (Lipinski definition) is 2. The Hall–Kier alpha value is -4.13. The smallest absolute Gasteiger partial charge is 1.00 e. The van der Waals surface area contributed by atoms with E-state index in [9.17, 15) is 54.3 Å². The number of halogens is 2. The molecule has 0 aliphatic carbocycles. The summed E-state index contributed by atoms with van der Waals surface area (Å²) in [7, 11) is 3.58. The maximum Gasteiger partial charge on any atom is 1.00 e. The molecule has 2 amide bonds. The Labute approximate surface area is 532 Å². The Morgan fingerprint density at radius 2 is 1.34 bits per heavy atom. The summed E-state index contributed by atoms with van der Waals surface area (Å²) in [5.41, 5.74) is 5.22. The van der Waals surface area contributed by atoms with Crippen molar-refractivity contribution in [2.24, 2.45) is 0 Å². The van der Waals surface area contributed by atoms with E-state index >= 15 is 0 Å². The molecule has 376 valence electrons. The molecule has 1 saturated heterocycles. The second-order valence-corrected chi connectivity index (χ2v) is 12.6. The van der Waals surface area contributed by atoms with Gasteiger partial charge < -0.3 is 60.7 Å². The molecular formula is C39H43Cl2Cs2N7O21. The van der Waals surface area contributed by atoms with E-state index in [4.69, 9.17) is 63.2 Å². The van der Waals surface area contributed by atoms with E-state index in [0.717, 1.165) is 18.2 Å². The van der Waals surface area contributed by atoms with E-state index in [1.807, 2.05) is 0 Å². The first-order chi connectivity index (χ1) is 32.8. The number of nitro benzene ring substituents is 3. The Morgan fingerprint density at radius 1 is 0.859 bits per heavy atom. The average molecular weight is 1280 g/mol. The summed E-state index contributed by atoms with van der Waals surface area (Å²) in [6.45, 7) is 2.73. The molecule has 0 aromatic heterocycles. The predicted octanol–water partition coefficient (Wildman–Crippen LogP) is -2.56. The van der Waals surface area contributed by atoms with Crippen molar-refractivity contribution in [3.8, 4) is 6.07 Å². The first-order valence-electron chi connectivity index (χ1n) is 18.6. The third kappa shape index (κ3) is 28.1. The average Bonchev–Trinajstić information content (AvgIpc) is 3.34. The Morgan fingerprint density at radius 3 is 1.76 bits per heavy atom. The largest absolute Gasteiger partial charge is 1.00 e. The van der Waals surface area contributed by atoms with Crippen LogP contribution < -0.4 is 159 Å². The molecule has 0 saturated carbocycles. The number of morpholine rings is 1. The molecular weight excluding hydrogens is 1240 g/mol. The van der Waals surface area contributed by atoms with E-state index in [-0.39, 0.29) is 235 Å². The number of non-ortho nitro benzene ring substituents is 3. The number of esters is 3. The number of anilines is 3. The molecule has 0 unspecified atom stereocenters. The quantitative estimate of drug-likeness (QED) is 0.0205. The van der Waals surface area contributed by atoms with Crippen molar-refractivity contribution >= 4 is 93.5 Å². The van der Waals surface area contributed by atoms with Gasteiger partial charge in [-0.15, -0.1) is 11.6 Å². The summed E-state index contributed by atoms with van der Waals surface area (Å²) < 4.78 is 33.1. The van der Waals surface area contributed by atoms with Crippen molar-refractivity contribution < 1.29 is 226 Å². The van der Waals surface area contributed by atoms with Crippen LogP contribution in [0.1, 0.15) is 39.4 Å². The number of nitrogen functional groups attached to an aromatic ring is 1. The predicted molar refractivity (Wildman–Crippen MR) is 236 cm³/mol. The number of rotatable bonds is 13. The van der Waals surface area contributed by atoms with Crippen LogP contribution in [0, 0.1) is 41.7 Å². The van der Waals surface area contributed by atoms with E-state index in [0.29, 0.717) is 25.0 Å². The molecule has 3 aromatic carbocycles. The van der Waals surface area contributed by atoms with Crippen LogP contribution in [0.2, 0.25) is 0 Å². The molecule has 0 spiro atoms. The van der Waals surface area contributed by atoms with Crippen LogP contribution in [-0.2, 0) is 52.4 Å². The molecule has 1 fully saturated rings. The molecule has 2 aliphatic heterocycles. The molecule has 28 nitrogen and oxygen atoms in total. The van der Waals surface area contributed by atoms with Crippen molar-refractivity contribution in [3.63, 3.8) is 0 Å². The molecule has 32 heteroatoms. The van der Waals surface area contributed by atoms with Gasteiger partial charge in [-0.2, -0.15) is 5.26 Å². The van der Waals surface area contributed by atoms with Crippen molar-refractivity contribution in [2.45, 2.75) is 6.92 Å². The molecule has 2 heterocycles. The Kier molecular flexibility index (Phi) is 41.4. The van der Waals surface area contributed by atoms with Gasteiger partial charge in [-0.1, -0.05) is 0 Å². The number of alkyl halides is 1. The van der Waals surface area contributed by atoms with Gasteiger partial charge in [0.05, 0.1) is 89.1 Å². The van der Waals surface area contributed by atoms with Gasteiger partial charge >= 0.3 is 156 Å². The fourth-order valence-electron chi connectivity index (χ4n) is 4.66. The number of nitro groups is 3. The number of carbonyl (C=O) groups excluding carboxylic acids is 6. The van der Waals surface area contributed by atoms with Gasteiger partial charge in [0.2, 0.25) is 11.1 Å². The second kappa shape index (κ2) is 41.4. The second-order valence-electron chi connectivity index (χ2n) is 11.9. The topological polar surface area (TPSA) is 394 Å². The maximum atomic E-state index is 11.8. The first kappa shape index (κ1) is 71.1. The number of nitrogens with zero attached hydrogens (tertiary/aromatic N) is 5. The zero-order valence-electron chi connectivity index (χ0n) is 39.7. The van der Waals surface area contributed by atoms with Crippen LogP contribution in [0.25, 0.3) is 0 Å². The molecule has 3 aromatic rings. The molecule has 5 rings (SSSR count). The molecule has 71 heavy (non-hydrogen) atoms. The van der Waals surface area contributed by atoms with Gasteiger partial charge in [0.25, 0.3) is 29.4 Å². The van der Waals surface area contributed by atoms with Crippen molar-refractivity contribution in [1.29, 1.82) is 5.26 Å². The number of hydrogen-bond acceptors (Lipinski definition) is 23. The minimum Gasteiger partial charge on any atom is -1.00 e. The van der Waals surface area contributed by atoms with Gasteiger partial charge in [0.1, 0.15) is 32.7 Å². The molecule has 3 N–H and O–H groups in total. The van der Waals surface area contributed by atoms with E-state index in [1.165, 1.54) is 75.8 Å². The van der Waals surface area contributed by atoms with Gasteiger partial charge in [-0.25, -0.2) is 14.4 Å². The van der Waals surface area contributed by atoms with Crippen LogP contribution in [0.4, 0.5) is 34.1 Å². The Balaban J connectivity index is -0.000000421. The standard InChI is InChI=1S/C12H13ClN2O6.C12H12N2O6.C8H8N2O4.C4H5ClO2.C2H3N.CH2O3.2Cs.H/c1-20-12(17)9-3-2-8(15(18)19)6-10(9)14-11(16)7-21-5-4-13;1-19-12(16)9-3-2-8(14(17)18)6-10(9)13-4-5-20-7-11(13)15;1-14-8(11)6-3-2-5(10(12)13)4-7(6)9;5-4-3-6-1-2-7-4;1-2-3;2-1-4-3;;;/h2-3,6H,4-5,7H2,1H3,(H,14,16);2-3,6H,4-5,7H2,1H3;2-4H,9H2,1H3;3H,1-2H2;1H3;1,3H;;;/q;;;;;;2*+1;-1/p-1. The van der Waals surface area contributed by atoms with Crippen molar-refractivity contribution in [1.82, 2.24) is 0 Å². The summed E-state index contributed by atoms with van der Waals surface area (Å²) in [6.07, 6.45) is 1.39. The number of amides is 2. The van der Waals surface area contributed by atoms with Crippen molar-refractivity contribution in [2.75, 3.05) is 89.3 Å². The fourth-order valence-corrected chi connectivity index (χ4v) is 4.91. The number of nitrogens with two attached hydrogens (primary N) is 1. The third-order valence-corrected chi connectivity index (χ3v) is 7.88. The molecule has 0 bridgehead atoms. The molecule has 2 aliphatic rings. The minimum absolute atomic E-state index is 0. The molecule has 0 radical (unpaired) electrons. The number of ether oxygens (including phenoxy) is 7. The van der Waals surface area contributed by atoms with E-state index < -0.39 is 38.6 Å². The molecule has 0 atom stereocenters. The van der Waals surface area contributed by atoms with Crippen molar-refractivity contribution in [3.05, 3.63) is 113 Å². The Bertz CT molecular complexity index is 2350. The zero-order valence-corrected chi connectivity index (χ0v) is 52.7. The number of benzene rings is 3. The minimum atomic E-state index is -0.720. The van der Waals surface area contributed by atoms with Crippen LogP contribution in [0.15, 0.2) is 66.1 Å². The summed E-state index contributed by atoms with van der Waals surface area (Å²) in [5.74, 6) is -2.68. The van der Waals surface area contributed by atoms with Gasteiger partial charge in [0, 0.05) is 55.7 Å². The summed E-state index contributed by atoms with van der Waals surface area (Å²) in [6, 6.07) is 12.4. The maximum absolute atomic E-state index is 11.8. The van der Waals surface area contributed by atoms with Crippen LogP contribution in [0.5, 0.6) is 0 Å². The SMILES string of the molecule is CC#N.COC(=O)c1ccc([N+](=O)[O-])cc1N.COC(=O)c1ccc([N+](=O)[O-])cc1N1CCOCC1=O.COC(=O)c1ccc([N+](=O)[O-])cc1NC(=O)COCCCl.ClC1=COCCO1.O=CO[O-].[Cs+].[Cs+].[H-]. The van der Waals surface area contributed by atoms with E-state index in [1.54, 1.807) is 6.07 Å². The van der Waals surface area contributed by atoms with Crippen LogP contribution in [0.3, 0.4) is 0 Å².